The van der Waals surface area contributed by atoms with Gasteiger partial charge in [-0.1, -0.05) is 22.0 Å². The summed E-state index contributed by atoms with van der Waals surface area (Å²) < 4.78 is 16.6. The third-order valence-electron chi connectivity index (χ3n) is 3.85. The van der Waals surface area contributed by atoms with Crippen LogP contribution in [0.4, 0.5) is 5.69 Å². The van der Waals surface area contributed by atoms with Crippen LogP contribution in [0.2, 0.25) is 0 Å². The number of carbonyl (C=O) groups excluding carboxylic acids is 2. The van der Waals surface area contributed by atoms with Crippen LogP contribution in [-0.4, -0.2) is 25.6 Å². The number of anilines is 1. The number of halogens is 1. The summed E-state index contributed by atoms with van der Waals surface area (Å²) in [4.78, 5) is 24.2. The van der Waals surface area contributed by atoms with E-state index in [2.05, 4.69) is 21.2 Å². The van der Waals surface area contributed by atoms with Crippen molar-refractivity contribution in [3.8, 4) is 17.2 Å². The fourth-order valence-electron chi connectivity index (χ4n) is 2.41. The van der Waals surface area contributed by atoms with Gasteiger partial charge in [-0.25, -0.2) is 4.79 Å². The lowest BCUT2D eigenvalue weighted by Crippen LogP contribution is -2.18. The number of hydrogen-bond donors (Lipinski definition) is 1. The van der Waals surface area contributed by atoms with Crippen LogP contribution in [0.1, 0.15) is 10.4 Å². The van der Waals surface area contributed by atoms with Crippen LogP contribution in [0, 0.1) is 0 Å². The van der Waals surface area contributed by atoms with Crippen LogP contribution in [0.25, 0.3) is 0 Å². The van der Waals surface area contributed by atoms with Crippen molar-refractivity contribution in [1.29, 1.82) is 0 Å². The van der Waals surface area contributed by atoms with E-state index in [1.165, 1.54) is 0 Å². The van der Waals surface area contributed by atoms with Gasteiger partial charge in [0.2, 0.25) is 0 Å². The van der Waals surface area contributed by atoms with Crippen molar-refractivity contribution in [2.75, 3.05) is 19.0 Å². The van der Waals surface area contributed by atoms with E-state index in [1.807, 2.05) is 6.07 Å². The summed E-state index contributed by atoms with van der Waals surface area (Å²) >= 11 is 3.33. The molecule has 0 heterocycles. The summed E-state index contributed by atoms with van der Waals surface area (Å²) in [6, 6.07) is 20.4. The van der Waals surface area contributed by atoms with Crippen LogP contribution in [0.15, 0.2) is 77.3 Å². The molecule has 1 N–H and O–H groups in total. The van der Waals surface area contributed by atoms with Crippen molar-refractivity contribution in [2.24, 2.45) is 0 Å². The Morgan fingerprint density at radius 1 is 0.897 bits per heavy atom. The molecule has 0 fully saturated rings. The smallest absolute Gasteiger partial charge is 0.349 e. The highest BCUT2D eigenvalue weighted by molar-refractivity contribution is 9.10. The minimum atomic E-state index is -0.541. The van der Waals surface area contributed by atoms with Crippen molar-refractivity contribution in [3.63, 3.8) is 0 Å². The van der Waals surface area contributed by atoms with E-state index in [9.17, 15) is 9.59 Å². The normalized spacial score (nSPS) is 10.1. The first kappa shape index (κ1) is 20.4. The Bertz CT molecular complexity index is 987. The molecular weight excluding hydrogens is 438 g/mol. The molecule has 0 saturated carbocycles. The summed E-state index contributed by atoms with van der Waals surface area (Å²) in [5.74, 6) is 0.778. The Morgan fingerprint density at radius 2 is 1.59 bits per heavy atom. The lowest BCUT2D eigenvalue weighted by molar-refractivity contribution is -0.136. The molecule has 0 saturated heterocycles. The highest BCUT2D eigenvalue weighted by Crippen LogP contribution is 2.19. The van der Waals surface area contributed by atoms with Gasteiger partial charge >= 0.3 is 5.97 Å². The second-order valence-corrected chi connectivity index (χ2v) is 6.84. The SMILES string of the molecule is COc1ccc(NC(=O)c2ccc(OC(=O)COc3cccc(Br)c3)cc2)cc1. The summed E-state index contributed by atoms with van der Waals surface area (Å²) in [5, 5.41) is 2.79. The Labute approximate surface area is 176 Å². The molecule has 3 aromatic carbocycles. The highest BCUT2D eigenvalue weighted by Gasteiger charge is 2.09. The molecular formula is C22H18BrNO5. The molecule has 3 rings (SSSR count). The number of ether oxygens (including phenoxy) is 3. The van der Waals surface area contributed by atoms with E-state index >= 15 is 0 Å². The second kappa shape index (κ2) is 9.75. The third-order valence-corrected chi connectivity index (χ3v) is 4.34. The van der Waals surface area contributed by atoms with Gasteiger partial charge in [-0.3, -0.25) is 4.79 Å². The Kier molecular flexibility index (Phi) is 6.86. The molecule has 0 radical (unpaired) electrons. The predicted molar refractivity (Wildman–Crippen MR) is 113 cm³/mol. The molecule has 3 aromatic rings. The van der Waals surface area contributed by atoms with E-state index in [4.69, 9.17) is 14.2 Å². The van der Waals surface area contributed by atoms with Crippen LogP contribution in [0.5, 0.6) is 17.2 Å². The van der Waals surface area contributed by atoms with Crippen molar-refractivity contribution < 1.29 is 23.8 Å². The fraction of sp³-hybridized carbons (Fsp3) is 0.0909. The van der Waals surface area contributed by atoms with E-state index in [0.717, 1.165) is 4.47 Å². The molecule has 0 aliphatic heterocycles. The molecule has 1 amide bonds. The molecule has 29 heavy (non-hydrogen) atoms. The molecule has 0 aromatic heterocycles. The summed E-state index contributed by atoms with van der Waals surface area (Å²) in [5.41, 5.74) is 1.09. The fourth-order valence-corrected chi connectivity index (χ4v) is 2.79. The van der Waals surface area contributed by atoms with Gasteiger partial charge in [0.05, 0.1) is 7.11 Å². The zero-order valence-corrected chi connectivity index (χ0v) is 17.1. The van der Waals surface area contributed by atoms with Gasteiger partial charge in [-0.2, -0.15) is 0 Å². The number of carbonyl (C=O) groups is 2. The zero-order chi connectivity index (χ0) is 20.6. The maximum absolute atomic E-state index is 12.3. The number of amides is 1. The van der Waals surface area contributed by atoms with Crippen molar-refractivity contribution in [1.82, 2.24) is 0 Å². The van der Waals surface area contributed by atoms with Gasteiger partial charge in [0.15, 0.2) is 6.61 Å². The van der Waals surface area contributed by atoms with Crippen LogP contribution in [0.3, 0.4) is 0 Å². The lowest BCUT2D eigenvalue weighted by Gasteiger charge is -2.08. The number of hydrogen-bond acceptors (Lipinski definition) is 5. The van der Waals surface area contributed by atoms with E-state index < -0.39 is 5.97 Å². The van der Waals surface area contributed by atoms with E-state index in [0.29, 0.717) is 28.5 Å². The molecule has 7 heteroatoms. The number of esters is 1. The van der Waals surface area contributed by atoms with E-state index in [1.54, 1.807) is 73.8 Å². The summed E-state index contributed by atoms with van der Waals surface area (Å²) in [7, 11) is 1.58. The minimum absolute atomic E-state index is 0.226. The summed E-state index contributed by atoms with van der Waals surface area (Å²) in [6.45, 7) is -0.226. The number of nitrogens with one attached hydrogen (secondary N) is 1. The molecule has 148 valence electrons. The van der Waals surface area contributed by atoms with Crippen LogP contribution in [-0.2, 0) is 4.79 Å². The Balaban J connectivity index is 1.52. The minimum Gasteiger partial charge on any atom is -0.497 e. The largest absolute Gasteiger partial charge is 0.497 e. The van der Waals surface area contributed by atoms with Gasteiger partial charge in [0, 0.05) is 15.7 Å². The monoisotopic (exact) mass is 455 g/mol. The maximum Gasteiger partial charge on any atom is 0.349 e. The second-order valence-electron chi connectivity index (χ2n) is 5.93. The predicted octanol–water partition coefficient (Wildman–Crippen LogP) is 4.69. The molecule has 6 nitrogen and oxygen atoms in total. The van der Waals surface area contributed by atoms with Crippen molar-refractivity contribution in [3.05, 3.63) is 82.8 Å². The molecule has 0 bridgehead atoms. The third kappa shape index (κ3) is 6.08. The first-order chi connectivity index (χ1) is 14.0. The molecule has 0 spiro atoms. The van der Waals surface area contributed by atoms with Gasteiger partial charge in [-0.15, -0.1) is 0 Å². The molecule has 0 aliphatic carbocycles. The van der Waals surface area contributed by atoms with Gasteiger partial charge in [0.25, 0.3) is 5.91 Å². The number of rotatable bonds is 7. The summed E-state index contributed by atoms with van der Waals surface area (Å²) in [6.07, 6.45) is 0. The number of methoxy groups -OCH3 is 1. The standard InChI is InChI=1S/C22H18BrNO5/c1-27-18-11-7-17(8-12-18)24-22(26)15-5-9-19(10-6-15)29-21(25)14-28-20-4-2-3-16(23)13-20/h2-13H,14H2,1H3,(H,24,26). The average Bonchev–Trinajstić information content (AvgIpc) is 2.73. The molecule has 0 atom stereocenters. The average molecular weight is 456 g/mol. The highest BCUT2D eigenvalue weighted by atomic mass is 79.9. The first-order valence-corrected chi connectivity index (χ1v) is 9.47. The zero-order valence-electron chi connectivity index (χ0n) is 15.6. The van der Waals surface area contributed by atoms with E-state index in [-0.39, 0.29) is 12.5 Å². The van der Waals surface area contributed by atoms with Crippen LogP contribution >= 0.6 is 15.9 Å². The Hall–Kier alpha value is -3.32. The van der Waals surface area contributed by atoms with Gasteiger partial charge in [0.1, 0.15) is 17.2 Å². The topological polar surface area (TPSA) is 73.9 Å². The van der Waals surface area contributed by atoms with Gasteiger partial charge < -0.3 is 19.5 Å². The van der Waals surface area contributed by atoms with Gasteiger partial charge in [-0.05, 0) is 66.7 Å². The number of benzene rings is 3. The van der Waals surface area contributed by atoms with Crippen LogP contribution < -0.4 is 19.5 Å². The molecule has 0 aliphatic rings. The van der Waals surface area contributed by atoms with Crippen molar-refractivity contribution in [2.45, 2.75) is 0 Å². The quantitative estimate of drug-likeness (QED) is 0.413. The maximum atomic E-state index is 12.3. The lowest BCUT2D eigenvalue weighted by atomic mass is 10.2. The Morgan fingerprint density at radius 3 is 2.24 bits per heavy atom. The molecule has 0 unspecified atom stereocenters. The van der Waals surface area contributed by atoms with Crippen molar-refractivity contribution >= 4 is 33.5 Å². The first-order valence-electron chi connectivity index (χ1n) is 8.68.